The van der Waals surface area contributed by atoms with Crippen molar-refractivity contribution >= 4 is 26.7 Å². The molecule has 1 fully saturated rings. The minimum absolute atomic E-state index is 0.00308. The smallest absolute Gasteiger partial charge is 0.336 e. The van der Waals surface area contributed by atoms with Gasteiger partial charge in [0.05, 0.1) is 16.9 Å². The van der Waals surface area contributed by atoms with E-state index in [0.29, 0.717) is 35.2 Å². The Morgan fingerprint density at radius 1 is 1.28 bits per heavy atom. The summed E-state index contributed by atoms with van der Waals surface area (Å²) in [6, 6.07) is 4.64. The van der Waals surface area contributed by atoms with Crippen LogP contribution in [0.15, 0.2) is 27.4 Å². The quantitative estimate of drug-likeness (QED) is 0.665. The van der Waals surface area contributed by atoms with E-state index >= 15 is 0 Å². The molecule has 1 atom stereocenters. The molecule has 0 radical (unpaired) electrons. The number of hydrogen-bond donors (Lipinski definition) is 0. The second-order valence-electron chi connectivity index (χ2n) is 8.17. The summed E-state index contributed by atoms with van der Waals surface area (Å²) in [4.78, 5) is 26.2. The third kappa shape index (κ3) is 4.98. The van der Waals surface area contributed by atoms with E-state index in [0.717, 1.165) is 5.56 Å². The summed E-state index contributed by atoms with van der Waals surface area (Å²) >= 11 is 0. The normalized spacial score (nSPS) is 18.3. The van der Waals surface area contributed by atoms with E-state index < -0.39 is 15.5 Å². The fourth-order valence-electron chi connectivity index (χ4n) is 3.78. The average Bonchev–Trinajstić information content (AvgIpc) is 2.95. The predicted octanol–water partition coefficient (Wildman–Crippen LogP) is 2.46. The molecule has 1 aliphatic heterocycles. The first-order valence-corrected chi connectivity index (χ1v) is 11.6. The van der Waals surface area contributed by atoms with E-state index in [9.17, 15) is 18.0 Å². The highest BCUT2D eigenvalue weighted by molar-refractivity contribution is 7.91. The van der Waals surface area contributed by atoms with Crippen LogP contribution in [0.4, 0.5) is 0 Å². The highest BCUT2D eigenvalue weighted by Gasteiger charge is 2.35. The first-order valence-electron chi connectivity index (χ1n) is 9.73. The van der Waals surface area contributed by atoms with E-state index in [1.165, 1.54) is 6.07 Å². The molecule has 2 aromatic rings. The van der Waals surface area contributed by atoms with Crippen LogP contribution in [-0.4, -0.2) is 49.9 Å². The van der Waals surface area contributed by atoms with Crippen LogP contribution in [0, 0.1) is 19.8 Å². The molecule has 1 aliphatic rings. The lowest BCUT2D eigenvalue weighted by Gasteiger charge is -2.30. The third-order valence-electron chi connectivity index (χ3n) is 5.03. The number of carbonyl (C=O) groups excluding carboxylic acids is 1. The number of fused-ring (bicyclic) bond motifs is 1. The van der Waals surface area contributed by atoms with Gasteiger partial charge in [0.1, 0.15) is 11.3 Å². The number of nitrogens with zero attached hydrogens (tertiary/aromatic N) is 1. The van der Waals surface area contributed by atoms with Crippen LogP contribution in [0.2, 0.25) is 0 Å². The molecule has 0 unspecified atom stereocenters. The van der Waals surface area contributed by atoms with Crippen LogP contribution in [0.3, 0.4) is 0 Å². The molecule has 1 aromatic carbocycles. The van der Waals surface area contributed by atoms with E-state index in [4.69, 9.17) is 9.15 Å². The van der Waals surface area contributed by atoms with Gasteiger partial charge in [-0.1, -0.05) is 13.8 Å². The Bertz CT molecular complexity index is 1090. The lowest BCUT2D eigenvalue weighted by molar-refractivity contribution is -0.135. The number of carbonyl (C=O) groups is 1. The van der Waals surface area contributed by atoms with Gasteiger partial charge in [-0.05, 0) is 49.4 Å². The first kappa shape index (κ1) is 21.4. The fraction of sp³-hybridized carbons (Fsp3) is 0.524. The summed E-state index contributed by atoms with van der Waals surface area (Å²) in [6.07, 6.45) is 0.457. The highest BCUT2D eigenvalue weighted by atomic mass is 32.2. The van der Waals surface area contributed by atoms with Crippen LogP contribution in [0.1, 0.15) is 31.4 Å². The molecule has 1 aromatic heterocycles. The van der Waals surface area contributed by atoms with Crippen LogP contribution < -0.4 is 10.4 Å². The van der Waals surface area contributed by atoms with Gasteiger partial charge >= 0.3 is 5.63 Å². The summed E-state index contributed by atoms with van der Waals surface area (Å²) in [5.41, 5.74) is 1.53. The largest absolute Gasteiger partial charge is 0.483 e. The SMILES string of the molecule is Cc1cc(OCC(=O)N(CC(C)C)[C@H]2CCS(=O)(=O)C2)c2c(C)cc(=O)oc2c1. The maximum absolute atomic E-state index is 12.9. The van der Waals surface area contributed by atoms with E-state index in [1.54, 1.807) is 24.0 Å². The van der Waals surface area contributed by atoms with Crippen LogP contribution in [-0.2, 0) is 14.6 Å². The average molecular weight is 422 g/mol. The van der Waals surface area contributed by atoms with Gasteiger partial charge in [-0.3, -0.25) is 4.79 Å². The lowest BCUT2D eigenvalue weighted by Crippen LogP contribution is -2.45. The van der Waals surface area contributed by atoms with Crippen molar-refractivity contribution in [3.63, 3.8) is 0 Å². The molecule has 0 spiro atoms. The van der Waals surface area contributed by atoms with Gasteiger partial charge < -0.3 is 14.1 Å². The van der Waals surface area contributed by atoms with Crippen molar-refractivity contribution in [2.75, 3.05) is 24.7 Å². The minimum atomic E-state index is -3.10. The van der Waals surface area contributed by atoms with Crippen molar-refractivity contribution in [2.24, 2.45) is 5.92 Å². The van der Waals surface area contributed by atoms with E-state index in [2.05, 4.69) is 0 Å². The minimum Gasteiger partial charge on any atom is -0.483 e. The third-order valence-corrected chi connectivity index (χ3v) is 6.78. The van der Waals surface area contributed by atoms with Crippen molar-refractivity contribution in [3.05, 3.63) is 39.7 Å². The van der Waals surface area contributed by atoms with Gasteiger partial charge in [-0.25, -0.2) is 13.2 Å². The Morgan fingerprint density at radius 2 is 2.00 bits per heavy atom. The Kier molecular flexibility index (Phi) is 6.03. The zero-order chi connectivity index (χ0) is 21.3. The number of sulfone groups is 1. The molecule has 0 N–H and O–H groups in total. The second-order valence-corrected chi connectivity index (χ2v) is 10.4. The summed E-state index contributed by atoms with van der Waals surface area (Å²) in [7, 11) is -3.10. The Hall–Kier alpha value is -2.35. The van der Waals surface area contributed by atoms with Gasteiger partial charge in [0, 0.05) is 18.7 Å². The van der Waals surface area contributed by atoms with Crippen LogP contribution in [0.5, 0.6) is 5.75 Å². The maximum atomic E-state index is 12.9. The maximum Gasteiger partial charge on any atom is 0.336 e. The van der Waals surface area contributed by atoms with Crippen molar-refractivity contribution in [1.29, 1.82) is 0 Å². The number of aryl methyl sites for hydroxylation is 2. The summed E-state index contributed by atoms with van der Waals surface area (Å²) in [6.45, 7) is 7.89. The summed E-state index contributed by atoms with van der Waals surface area (Å²) in [5.74, 6) is 0.548. The second kappa shape index (κ2) is 8.18. The molecule has 2 heterocycles. The molecule has 0 aliphatic carbocycles. The zero-order valence-corrected chi connectivity index (χ0v) is 18.0. The van der Waals surface area contributed by atoms with Gasteiger partial charge in [0.2, 0.25) is 0 Å². The van der Waals surface area contributed by atoms with Gasteiger partial charge in [-0.2, -0.15) is 0 Å². The van der Waals surface area contributed by atoms with Crippen molar-refractivity contribution in [1.82, 2.24) is 4.90 Å². The monoisotopic (exact) mass is 421 g/mol. The number of benzene rings is 1. The molecule has 8 heteroatoms. The molecular weight excluding hydrogens is 394 g/mol. The number of amides is 1. The van der Waals surface area contributed by atoms with Gasteiger partial charge in [0.25, 0.3) is 5.91 Å². The first-order chi connectivity index (χ1) is 13.6. The number of rotatable bonds is 6. The van der Waals surface area contributed by atoms with Crippen LogP contribution >= 0.6 is 0 Å². The molecule has 3 rings (SSSR count). The molecule has 1 saturated heterocycles. The van der Waals surface area contributed by atoms with Crippen molar-refractivity contribution in [3.8, 4) is 5.75 Å². The summed E-state index contributed by atoms with van der Waals surface area (Å²) in [5, 5.41) is 0.654. The molecule has 29 heavy (non-hydrogen) atoms. The summed E-state index contributed by atoms with van der Waals surface area (Å²) < 4.78 is 34.9. The standard InChI is InChI=1S/C21H27NO6S/c1-13(2)10-22(16-5-6-29(25,26)12-16)19(23)11-27-17-7-14(3)8-18-21(17)15(4)9-20(24)28-18/h7-9,13,16H,5-6,10-12H2,1-4H3/t16-/m0/s1. The topological polar surface area (TPSA) is 93.9 Å². The lowest BCUT2D eigenvalue weighted by atomic mass is 10.1. The van der Waals surface area contributed by atoms with E-state index in [1.807, 2.05) is 20.8 Å². The van der Waals surface area contributed by atoms with Crippen molar-refractivity contribution in [2.45, 2.75) is 40.2 Å². The Morgan fingerprint density at radius 3 is 2.62 bits per heavy atom. The number of hydrogen-bond acceptors (Lipinski definition) is 6. The molecule has 158 valence electrons. The highest BCUT2D eigenvalue weighted by Crippen LogP contribution is 2.29. The zero-order valence-electron chi connectivity index (χ0n) is 17.2. The number of ether oxygens (including phenoxy) is 1. The molecule has 0 saturated carbocycles. The molecular formula is C21H27NO6S. The van der Waals surface area contributed by atoms with Crippen LogP contribution in [0.25, 0.3) is 11.0 Å². The van der Waals surface area contributed by atoms with Gasteiger partial charge in [0.15, 0.2) is 16.4 Å². The Balaban J connectivity index is 1.84. The fourth-order valence-corrected chi connectivity index (χ4v) is 5.51. The van der Waals surface area contributed by atoms with E-state index in [-0.39, 0.29) is 36.0 Å². The predicted molar refractivity (Wildman–Crippen MR) is 111 cm³/mol. The molecule has 1 amide bonds. The molecule has 7 nitrogen and oxygen atoms in total. The van der Waals surface area contributed by atoms with Gasteiger partial charge in [-0.15, -0.1) is 0 Å². The molecule has 0 bridgehead atoms. The van der Waals surface area contributed by atoms with Crippen molar-refractivity contribution < 1.29 is 22.4 Å². The Labute approximate surface area is 170 Å².